The summed E-state index contributed by atoms with van der Waals surface area (Å²) in [5.41, 5.74) is 3.09. The molecular weight excluding hydrogens is 524 g/mol. The summed E-state index contributed by atoms with van der Waals surface area (Å²) in [4.78, 5) is 38.3. The number of nitriles is 1. The molecule has 0 aromatic heterocycles. The van der Waals surface area contributed by atoms with E-state index in [-0.39, 0.29) is 30.2 Å². The Morgan fingerprint density at radius 2 is 1.75 bits per heavy atom. The van der Waals surface area contributed by atoms with E-state index in [0.29, 0.717) is 33.1 Å². The summed E-state index contributed by atoms with van der Waals surface area (Å²) in [6.45, 7) is 3.81. The van der Waals surface area contributed by atoms with Gasteiger partial charge in [0.25, 0.3) is 5.91 Å². The number of carbonyl (C=O) groups excluding carboxylic acids is 3. The Bertz CT molecular complexity index is 1340. The number of nitrogens with one attached hydrogen (secondary N) is 3. The Hall–Kier alpha value is -4.03. The fourth-order valence-electron chi connectivity index (χ4n) is 5.06. The molecule has 0 unspecified atom stereocenters. The SMILES string of the molecule is CCOC(=O)c1ccc(NC(=O)C2=C(C)NC(SCC(=O)NC3CCCCC3)=C(C#N)[C@@H]2c2ccccc2)cc1. The molecule has 2 aromatic rings. The van der Waals surface area contributed by atoms with Crippen LogP contribution in [0.4, 0.5) is 5.69 Å². The first-order valence-corrected chi connectivity index (χ1v) is 14.6. The Labute approximate surface area is 239 Å². The van der Waals surface area contributed by atoms with Crippen LogP contribution in [-0.4, -0.2) is 36.2 Å². The number of amides is 2. The van der Waals surface area contributed by atoms with E-state index in [9.17, 15) is 19.6 Å². The summed E-state index contributed by atoms with van der Waals surface area (Å²) in [5, 5.41) is 20.1. The molecule has 9 heteroatoms. The van der Waals surface area contributed by atoms with Crippen LogP contribution in [0.3, 0.4) is 0 Å². The molecule has 2 aromatic carbocycles. The van der Waals surface area contributed by atoms with Crippen LogP contribution in [0.2, 0.25) is 0 Å². The van der Waals surface area contributed by atoms with Gasteiger partial charge in [-0.05, 0) is 56.5 Å². The summed E-state index contributed by atoms with van der Waals surface area (Å²) in [6.07, 6.45) is 5.48. The van der Waals surface area contributed by atoms with Gasteiger partial charge >= 0.3 is 5.97 Å². The largest absolute Gasteiger partial charge is 0.462 e. The highest BCUT2D eigenvalue weighted by Gasteiger charge is 2.35. The molecule has 8 nitrogen and oxygen atoms in total. The van der Waals surface area contributed by atoms with Crippen molar-refractivity contribution in [2.24, 2.45) is 0 Å². The van der Waals surface area contributed by atoms with Crippen LogP contribution < -0.4 is 16.0 Å². The number of hydrogen-bond acceptors (Lipinski definition) is 7. The molecule has 40 heavy (non-hydrogen) atoms. The summed E-state index contributed by atoms with van der Waals surface area (Å²) in [7, 11) is 0. The lowest BCUT2D eigenvalue weighted by Crippen LogP contribution is -2.37. The van der Waals surface area contributed by atoms with Crippen LogP contribution in [0.15, 0.2) is 76.5 Å². The van der Waals surface area contributed by atoms with Crippen molar-refractivity contribution in [2.45, 2.75) is 57.9 Å². The highest BCUT2D eigenvalue weighted by molar-refractivity contribution is 8.03. The number of dihydropyridines is 1. The number of allylic oxidation sites excluding steroid dienone is 2. The van der Waals surface area contributed by atoms with E-state index in [0.717, 1.165) is 31.2 Å². The van der Waals surface area contributed by atoms with Gasteiger partial charge in [-0.3, -0.25) is 9.59 Å². The van der Waals surface area contributed by atoms with E-state index in [1.807, 2.05) is 30.3 Å². The zero-order valence-corrected chi connectivity index (χ0v) is 23.6. The smallest absolute Gasteiger partial charge is 0.338 e. The van der Waals surface area contributed by atoms with Gasteiger partial charge in [-0.2, -0.15) is 5.26 Å². The number of benzene rings is 2. The second kappa shape index (κ2) is 13.9. The first kappa shape index (κ1) is 29.0. The summed E-state index contributed by atoms with van der Waals surface area (Å²) < 4.78 is 5.02. The second-order valence-electron chi connectivity index (χ2n) is 9.81. The molecule has 2 aliphatic rings. The molecule has 1 fully saturated rings. The zero-order chi connectivity index (χ0) is 28.5. The van der Waals surface area contributed by atoms with E-state index < -0.39 is 11.9 Å². The third kappa shape index (κ3) is 7.13. The number of anilines is 1. The molecule has 1 saturated carbocycles. The first-order valence-electron chi connectivity index (χ1n) is 13.6. The van der Waals surface area contributed by atoms with Gasteiger partial charge in [0.1, 0.15) is 0 Å². The molecule has 208 valence electrons. The van der Waals surface area contributed by atoms with Crippen molar-refractivity contribution in [3.05, 3.63) is 87.6 Å². The number of nitrogens with zero attached hydrogens (tertiary/aromatic N) is 1. The minimum absolute atomic E-state index is 0.0591. The minimum Gasteiger partial charge on any atom is -0.462 e. The molecule has 4 rings (SSSR count). The highest BCUT2D eigenvalue weighted by atomic mass is 32.2. The van der Waals surface area contributed by atoms with Crippen molar-refractivity contribution in [3.63, 3.8) is 0 Å². The van der Waals surface area contributed by atoms with Crippen molar-refractivity contribution in [1.29, 1.82) is 5.26 Å². The van der Waals surface area contributed by atoms with Gasteiger partial charge in [0.2, 0.25) is 5.91 Å². The molecule has 1 heterocycles. The molecule has 0 spiro atoms. The van der Waals surface area contributed by atoms with E-state index in [1.165, 1.54) is 18.2 Å². The van der Waals surface area contributed by atoms with Crippen LogP contribution >= 0.6 is 11.8 Å². The molecule has 0 saturated heterocycles. The van der Waals surface area contributed by atoms with Crippen molar-refractivity contribution in [3.8, 4) is 6.07 Å². The maximum Gasteiger partial charge on any atom is 0.338 e. The van der Waals surface area contributed by atoms with Gasteiger partial charge in [0.05, 0.1) is 40.5 Å². The number of hydrogen-bond donors (Lipinski definition) is 3. The molecule has 1 atom stereocenters. The molecule has 2 amide bonds. The molecular formula is C31H34N4O4S. The normalized spacial score (nSPS) is 17.5. The molecule has 1 aliphatic carbocycles. The Balaban J connectivity index is 1.55. The third-order valence-corrected chi connectivity index (χ3v) is 8.01. The zero-order valence-electron chi connectivity index (χ0n) is 22.8. The van der Waals surface area contributed by atoms with E-state index >= 15 is 0 Å². The number of rotatable bonds is 9. The van der Waals surface area contributed by atoms with Gasteiger partial charge in [0, 0.05) is 23.0 Å². The Kier molecular flexibility index (Phi) is 10.0. The van der Waals surface area contributed by atoms with Crippen LogP contribution in [0.1, 0.15) is 67.8 Å². The molecule has 1 aliphatic heterocycles. The summed E-state index contributed by atoms with van der Waals surface area (Å²) >= 11 is 1.28. The number of esters is 1. The highest BCUT2D eigenvalue weighted by Crippen LogP contribution is 2.41. The maximum absolute atomic E-state index is 13.6. The topological polar surface area (TPSA) is 120 Å². The van der Waals surface area contributed by atoms with Crippen molar-refractivity contribution in [1.82, 2.24) is 10.6 Å². The fourth-order valence-corrected chi connectivity index (χ4v) is 5.97. The van der Waals surface area contributed by atoms with E-state index in [1.54, 1.807) is 38.1 Å². The Morgan fingerprint density at radius 1 is 1.05 bits per heavy atom. The van der Waals surface area contributed by atoms with Crippen LogP contribution in [0.5, 0.6) is 0 Å². The van der Waals surface area contributed by atoms with Crippen LogP contribution in [-0.2, 0) is 14.3 Å². The summed E-state index contributed by atoms with van der Waals surface area (Å²) in [5.74, 6) is -1.30. The predicted molar refractivity (Wildman–Crippen MR) is 156 cm³/mol. The molecule has 3 N–H and O–H groups in total. The summed E-state index contributed by atoms with van der Waals surface area (Å²) in [6, 6.07) is 18.4. The standard InChI is InChI=1S/C31H34N4O4S/c1-3-39-31(38)22-14-16-24(17-15-22)35-29(37)27-20(2)33-30(25(18-32)28(27)21-10-6-4-7-11-21)40-19-26(36)34-23-12-8-5-9-13-23/h4,6-7,10-11,14-17,23,28,33H,3,5,8-9,12-13,19H2,1-2H3,(H,34,36)(H,35,37)/t28-/m0/s1. The van der Waals surface area contributed by atoms with Crippen molar-refractivity contribution in [2.75, 3.05) is 17.7 Å². The number of carbonyl (C=O) groups is 3. The number of ether oxygens (including phenoxy) is 1. The van der Waals surface area contributed by atoms with E-state index in [4.69, 9.17) is 4.74 Å². The fraction of sp³-hybridized carbons (Fsp3) is 0.355. The minimum atomic E-state index is -0.616. The average molecular weight is 559 g/mol. The van der Waals surface area contributed by atoms with Gasteiger partial charge in [-0.1, -0.05) is 61.4 Å². The average Bonchev–Trinajstić information content (AvgIpc) is 2.97. The lowest BCUT2D eigenvalue weighted by atomic mass is 9.82. The second-order valence-corrected chi connectivity index (χ2v) is 10.8. The monoisotopic (exact) mass is 558 g/mol. The van der Waals surface area contributed by atoms with Crippen LogP contribution in [0, 0.1) is 11.3 Å². The lowest BCUT2D eigenvalue weighted by Gasteiger charge is -2.30. The number of thioether (sulfide) groups is 1. The lowest BCUT2D eigenvalue weighted by molar-refractivity contribution is -0.119. The van der Waals surface area contributed by atoms with Gasteiger partial charge in [-0.25, -0.2) is 4.79 Å². The third-order valence-electron chi connectivity index (χ3n) is 7.00. The van der Waals surface area contributed by atoms with Gasteiger partial charge in [0.15, 0.2) is 0 Å². The van der Waals surface area contributed by atoms with Gasteiger partial charge in [-0.15, -0.1) is 0 Å². The van der Waals surface area contributed by atoms with Crippen molar-refractivity contribution >= 4 is 35.2 Å². The quantitative estimate of drug-likeness (QED) is 0.354. The molecule has 0 bridgehead atoms. The van der Waals surface area contributed by atoms with Crippen LogP contribution in [0.25, 0.3) is 0 Å². The maximum atomic E-state index is 13.6. The van der Waals surface area contributed by atoms with E-state index in [2.05, 4.69) is 22.0 Å². The van der Waals surface area contributed by atoms with Gasteiger partial charge < -0.3 is 20.7 Å². The molecule has 0 radical (unpaired) electrons. The Morgan fingerprint density at radius 3 is 2.40 bits per heavy atom. The first-order chi connectivity index (χ1) is 19.4. The van der Waals surface area contributed by atoms with Crippen molar-refractivity contribution < 1.29 is 19.1 Å². The predicted octanol–water partition coefficient (Wildman–Crippen LogP) is 5.38.